The molecule has 0 fully saturated rings. The number of methoxy groups -OCH3 is 2. The van der Waals surface area contributed by atoms with E-state index in [4.69, 9.17) is 9.47 Å². The topological polar surface area (TPSA) is 57.8 Å². The summed E-state index contributed by atoms with van der Waals surface area (Å²) in [5.74, 6) is 1.68. The number of amides is 1. The number of nitrogens with zero attached hydrogens (tertiary/aromatic N) is 2. The van der Waals surface area contributed by atoms with Crippen LogP contribution in [0.4, 0.5) is 0 Å². The van der Waals surface area contributed by atoms with Crippen LogP contribution in [-0.2, 0) is 17.8 Å². The van der Waals surface area contributed by atoms with Crippen LogP contribution in [0.15, 0.2) is 48.7 Å². The summed E-state index contributed by atoms with van der Waals surface area (Å²) in [5.41, 5.74) is 3.03. The molecular weight excluding hydrogens is 366 g/mol. The molecule has 0 aliphatic carbocycles. The Balaban J connectivity index is 1.80. The molecule has 2 aromatic carbocycles. The Bertz CT molecular complexity index is 965. The van der Waals surface area contributed by atoms with Gasteiger partial charge in [0, 0.05) is 36.7 Å². The predicted octanol–water partition coefficient (Wildman–Crippen LogP) is 3.32. The summed E-state index contributed by atoms with van der Waals surface area (Å²) in [7, 11) is 7.33. The van der Waals surface area contributed by atoms with Crippen LogP contribution in [0.2, 0.25) is 0 Å². The predicted molar refractivity (Wildman–Crippen MR) is 116 cm³/mol. The van der Waals surface area contributed by atoms with E-state index in [0.29, 0.717) is 19.5 Å². The number of aromatic amines is 1. The van der Waals surface area contributed by atoms with Gasteiger partial charge in [-0.05, 0) is 55.6 Å². The Morgan fingerprint density at radius 2 is 1.76 bits per heavy atom. The molecule has 1 heterocycles. The number of ether oxygens (including phenoxy) is 2. The lowest BCUT2D eigenvalue weighted by Gasteiger charge is -2.25. The third-order valence-corrected chi connectivity index (χ3v) is 4.99. The van der Waals surface area contributed by atoms with Gasteiger partial charge in [-0.1, -0.05) is 12.1 Å². The first kappa shape index (κ1) is 20.7. The number of carbonyl (C=O) groups excluding carboxylic acids is 1. The molecule has 6 nitrogen and oxygen atoms in total. The van der Waals surface area contributed by atoms with Gasteiger partial charge in [0.25, 0.3) is 0 Å². The maximum absolute atomic E-state index is 13.2. The van der Waals surface area contributed by atoms with Gasteiger partial charge in [0.05, 0.1) is 20.6 Å². The number of H-pyrrole nitrogens is 1. The summed E-state index contributed by atoms with van der Waals surface area (Å²) >= 11 is 0. The average molecular weight is 396 g/mol. The monoisotopic (exact) mass is 395 g/mol. The van der Waals surface area contributed by atoms with Gasteiger partial charge in [-0.2, -0.15) is 0 Å². The number of benzene rings is 2. The van der Waals surface area contributed by atoms with E-state index in [1.165, 1.54) is 0 Å². The van der Waals surface area contributed by atoms with Gasteiger partial charge in [0.1, 0.15) is 11.5 Å². The summed E-state index contributed by atoms with van der Waals surface area (Å²) < 4.78 is 10.7. The van der Waals surface area contributed by atoms with E-state index in [0.717, 1.165) is 40.1 Å². The zero-order valence-corrected chi connectivity index (χ0v) is 17.6. The van der Waals surface area contributed by atoms with Gasteiger partial charge >= 0.3 is 0 Å². The molecule has 1 N–H and O–H groups in total. The van der Waals surface area contributed by atoms with E-state index in [2.05, 4.69) is 9.88 Å². The molecule has 0 unspecified atom stereocenters. The number of carbonyl (C=O) groups is 1. The first-order valence-electron chi connectivity index (χ1n) is 9.69. The molecule has 0 radical (unpaired) electrons. The van der Waals surface area contributed by atoms with E-state index in [1.807, 2.05) is 67.7 Å². The van der Waals surface area contributed by atoms with Gasteiger partial charge in [0.15, 0.2) is 0 Å². The van der Waals surface area contributed by atoms with Crippen LogP contribution in [0.3, 0.4) is 0 Å². The molecule has 6 heteroatoms. The lowest BCUT2D eigenvalue weighted by molar-refractivity contribution is -0.131. The van der Waals surface area contributed by atoms with Gasteiger partial charge in [-0.3, -0.25) is 4.79 Å². The van der Waals surface area contributed by atoms with Crippen molar-refractivity contribution in [2.45, 2.75) is 13.0 Å². The second kappa shape index (κ2) is 9.47. The minimum absolute atomic E-state index is 0.0957. The lowest BCUT2D eigenvalue weighted by Crippen LogP contribution is -2.37. The maximum atomic E-state index is 13.2. The number of nitrogens with one attached hydrogen (secondary N) is 1. The van der Waals surface area contributed by atoms with Crippen molar-refractivity contribution in [3.05, 3.63) is 59.8 Å². The molecule has 0 atom stereocenters. The van der Waals surface area contributed by atoms with Crippen LogP contribution in [0, 0.1) is 0 Å². The zero-order valence-electron chi connectivity index (χ0n) is 17.6. The molecule has 1 amide bonds. The number of likely N-dealkylation sites (N-methyl/N-ethyl adjacent to an activating group) is 1. The van der Waals surface area contributed by atoms with Crippen LogP contribution in [0.25, 0.3) is 10.9 Å². The van der Waals surface area contributed by atoms with Crippen LogP contribution in [-0.4, -0.2) is 62.1 Å². The van der Waals surface area contributed by atoms with Crippen molar-refractivity contribution >= 4 is 16.8 Å². The molecule has 0 aliphatic heterocycles. The minimum atomic E-state index is 0.0957. The first-order chi connectivity index (χ1) is 14.0. The molecule has 29 heavy (non-hydrogen) atoms. The maximum Gasteiger partial charge on any atom is 0.227 e. The molecule has 154 valence electrons. The zero-order chi connectivity index (χ0) is 20.8. The quantitative estimate of drug-likeness (QED) is 0.604. The highest BCUT2D eigenvalue weighted by atomic mass is 16.5. The molecule has 0 bridgehead atoms. The van der Waals surface area contributed by atoms with Crippen molar-refractivity contribution in [1.29, 1.82) is 0 Å². The molecule has 3 rings (SSSR count). The van der Waals surface area contributed by atoms with Crippen molar-refractivity contribution in [3.8, 4) is 11.5 Å². The SMILES string of the molecule is COc1cccc(CN(CCN(C)C)C(=O)Cc2c[nH]c3ccc(OC)cc23)c1. The second-order valence-electron chi connectivity index (χ2n) is 7.37. The molecule has 0 saturated heterocycles. The largest absolute Gasteiger partial charge is 0.497 e. The Hall–Kier alpha value is -2.99. The fraction of sp³-hybridized carbons (Fsp3) is 0.348. The summed E-state index contributed by atoms with van der Waals surface area (Å²) in [6.07, 6.45) is 2.25. The fourth-order valence-electron chi connectivity index (χ4n) is 3.31. The van der Waals surface area contributed by atoms with Crippen molar-refractivity contribution in [1.82, 2.24) is 14.8 Å². The molecule has 1 aromatic heterocycles. The van der Waals surface area contributed by atoms with Crippen LogP contribution in [0.5, 0.6) is 11.5 Å². The lowest BCUT2D eigenvalue weighted by atomic mass is 10.1. The van der Waals surface area contributed by atoms with Crippen LogP contribution < -0.4 is 9.47 Å². The van der Waals surface area contributed by atoms with E-state index in [9.17, 15) is 4.79 Å². The van der Waals surface area contributed by atoms with Gasteiger partial charge in [0.2, 0.25) is 5.91 Å². The summed E-state index contributed by atoms with van der Waals surface area (Å²) in [4.78, 5) is 20.5. The molecule has 0 spiro atoms. The Morgan fingerprint density at radius 3 is 2.48 bits per heavy atom. The number of fused-ring (bicyclic) bond motifs is 1. The van der Waals surface area contributed by atoms with Crippen LogP contribution in [0.1, 0.15) is 11.1 Å². The number of rotatable bonds is 9. The van der Waals surface area contributed by atoms with E-state index in [-0.39, 0.29) is 5.91 Å². The Kier molecular flexibility index (Phi) is 6.77. The Labute approximate surface area is 172 Å². The van der Waals surface area contributed by atoms with E-state index < -0.39 is 0 Å². The van der Waals surface area contributed by atoms with Crippen molar-refractivity contribution in [2.75, 3.05) is 41.4 Å². The van der Waals surface area contributed by atoms with E-state index >= 15 is 0 Å². The third-order valence-electron chi connectivity index (χ3n) is 4.99. The smallest absolute Gasteiger partial charge is 0.227 e. The first-order valence-corrected chi connectivity index (χ1v) is 9.69. The van der Waals surface area contributed by atoms with Crippen molar-refractivity contribution in [2.24, 2.45) is 0 Å². The number of aromatic nitrogens is 1. The normalized spacial score (nSPS) is 11.1. The van der Waals surface area contributed by atoms with Crippen molar-refractivity contribution < 1.29 is 14.3 Å². The summed E-state index contributed by atoms with van der Waals surface area (Å²) in [6.45, 7) is 2.02. The Morgan fingerprint density at radius 1 is 1.00 bits per heavy atom. The highest BCUT2D eigenvalue weighted by Gasteiger charge is 2.17. The average Bonchev–Trinajstić information content (AvgIpc) is 3.12. The summed E-state index contributed by atoms with van der Waals surface area (Å²) in [5, 5.41) is 1.02. The fourth-order valence-corrected chi connectivity index (χ4v) is 3.31. The molecule has 0 aliphatic rings. The van der Waals surface area contributed by atoms with E-state index in [1.54, 1.807) is 14.2 Å². The molecule has 3 aromatic rings. The highest BCUT2D eigenvalue weighted by Crippen LogP contribution is 2.24. The van der Waals surface area contributed by atoms with Crippen molar-refractivity contribution in [3.63, 3.8) is 0 Å². The molecule has 0 saturated carbocycles. The van der Waals surface area contributed by atoms with Crippen LogP contribution >= 0.6 is 0 Å². The number of hydrogen-bond acceptors (Lipinski definition) is 4. The second-order valence-corrected chi connectivity index (χ2v) is 7.37. The standard InChI is InChI=1S/C23H29N3O3/c1-25(2)10-11-26(16-17-6-5-7-19(12-17)28-3)23(27)13-18-15-24-22-9-8-20(29-4)14-21(18)22/h5-9,12,14-15,24H,10-11,13,16H2,1-4H3. The highest BCUT2D eigenvalue weighted by molar-refractivity contribution is 5.89. The number of hydrogen-bond donors (Lipinski definition) is 1. The minimum Gasteiger partial charge on any atom is -0.497 e. The molecular formula is C23H29N3O3. The van der Waals surface area contributed by atoms with Gasteiger partial charge < -0.3 is 24.3 Å². The van der Waals surface area contributed by atoms with Gasteiger partial charge in [-0.15, -0.1) is 0 Å². The summed E-state index contributed by atoms with van der Waals surface area (Å²) in [6, 6.07) is 13.7. The van der Waals surface area contributed by atoms with Gasteiger partial charge in [-0.25, -0.2) is 0 Å². The third kappa shape index (κ3) is 5.29.